The predicted molar refractivity (Wildman–Crippen MR) is 87.4 cm³/mol. The summed E-state index contributed by atoms with van der Waals surface area (Å²) in [6, 6.07) is 11.0. The summed E-state index contributed by atoms with van der Waals surface area (Å²) in [4.78, 5) is 11.1. The van der Waals surface area contributed by atoms with Crippen LogP contribution >= 0.6 is 0 Å². The van der Waals surface area contributed by atoms with Crippen LogP contribution in [0.15, 0.2) is 42.7 Å². The number of hydrogen-bond donors (Lipinski definition) is 1. The van der Waals surface area contributed by atoms with Crippen molar-refractivity contribution in [2.45, 2.75) is 26.8 Å². The van der Waals surface area contributed by atoms with E-state index < -0.39 is 0 Å². The van der Waals surface area contributed by atoms with Gasteiger partial charge in [0.15, 0.2) is 0 Å². The molecular formula is C17H24N4. The van der Waals surface area contributed by atoms with Crippen LogP contribution < -0.4 is 5.32 Å². The lowest BCUT2D eigenvalue weighted by atomic mass is 10.1. The molecule has 0 aliphatic heterocycles. The van der Waals surface area contributed by atoms with Gasteiger partial charge < -0.3 is 5.32 Å². The maximum Gasteiger partial charge on any atom is 0.147 e. The van der Waals surface area contributed by atoms with Gasteiger partial charge in [0.05, 0.1) is 11.7 Å². The second-order valence-electron chi connectivity index (χ2n) is 5.02. The highest BCUT2D eigenvalue weighted by Gasteiger charge is 2.17. The van der Waals surface area contributed by atoms with Gasteiger partial charge in [0.1, 0.15) is 5.82 Å². The van der Waals surface area contributed by atoms with Crippen LogP contribution in [0, 0.1) is 6.92 Å². The lowest BCUT2D eigenvalue weighted by molar-refractivity contribution is 0.228. The lowest BCUT2D eigenvalue weighted by Crippen LogP contribution is -2.33. The normalized spacial score (nSPS) is 12.4. The molecule has 0 radical (unpaired) electrons. The zero-order valence-corrected chi connectivity index (χ0v) is 13.1. The van der Waals surface area contributed by atoms with Crippen molar-refractivity contribution in [3.05, 3.63) is 54.0 Å². The Hall–Kier alpha value is -1.94. The first-order valence-electron chi connectivity index (χ1n) is 7.56. The summed E-state index contributed by atoms with van der Waals surface area (Å²) in [7, 11) is 0. The van der Waals surface area contributed by atoms with Crippen LogP contribution in [0.2, 0.25) is 0 Å². The van der Waals surface area contributed by atoms with Crippen molar-refractivity contribution in [3.8, 4) is 0 Å². The van der Waals surface area contributed by atoms with Crippen molar-refractivity contribution in [3.63, 3.8) is 0 Å². The van der Waals surface area contributed by atoms with Gasteiger partial charge in [0.25, 0.3) is 0 Å². The molecule has 112 valence electrons. The summed E-state index contributed by atoms with van der Waals surface area (Å²) in [6.45, 7) is 9.25. The molecule has 0 bridgehead atoms. The van der Waals surface area contributed by atoms with Crippen molar-refractivity contribution in [1.29, 1.82) is 0 Å². The van der Waals surface area contributed by atoms with E-state index in [9.17, 15) is 0 Å². The van der Waals surface area contributed by atoms with Crippen molar-refractivity contribution in [2.24, 2.45) is 0 Å². The molecule has 2 aromatic rings. The third-order valence-electron chi connectivity index (χ3n) is 3.78. The Morgan fingerprint density at radius 1 is 1.05 bits per heavy atom. The summed E-state index contributed by atoms with van der Waals surface area (Å²) in [5.41, 5.74) is 2.26. The van der Waals surface area contributed by atoms with Crippen LogP contribution in [0.3, 0.4) is 0 Å². The molecular weight excluding hydrogens is 260 g/mol. The maximum atomic E-state index is 4.36. The highest BCUT2D eigenvalue weighted by atomic mass is 15.2. The fourth-order valence-electron chi connectivity index (χ4n) is 2.57. The van der Waals surface area contributed by atoms with Crippen LogP contribution in [-0.4, -0.2) is 34.5 Å². The van der Waals surface area contributed by atoms with Gasteiger partial charge in [-0.3, -0.25) is 9.88 Å². The van der Waals surface area contributed by atoms with Crippen molar-refractivity contribution >= 4 is 5.82 Å². The minimum Gasteiger partial charge on any atom is -0.367 e. The van der Waals surface area contributed by atoms with E-state index >= 15 is 0 Å². The first-order chi connectivity index (χ1) is 10.3. The van der Waals surface area contributed by atoms with Crippen LogP contribution in [0.1, 0.15) is 31.1 Å². The van der Waals surface area contributed by atoms with E-state index in [1.165, 1.54) is 5.56 Å². The number of aryl methyl sites for hydroxylation is 1. The van der Waals surface area contributed by atoms with Gasteiger partial charge in [-0.1, -0.05) is 44.2 Å². The minimum atomic E-state index is 0.336. The number of likely N-dealkylation sites (N-methyl/N-ethyl adjacent to an activating group) is 1. The lowest BCUT2D eigenvalue weighted by Gasteiger charge is -2.30. The molecule has 0 saturated heterocycles. The summed E-state index contributed by atoms with van der Waals surface area (Å²) >= 11 is 0. The van der Waals surface area contributed by atoms with E-state index in [2.05, 4.69) is 64.4 Å². The Balaban J connectivity index is 2.15. The number of hydrogen-bond acceptors (Lipinski definition) is 4. The van der Waals surface area contributed by atoms with E-state index in [0.29, 0.717) is 6.04 Å². The smallest absolute Gasteiger partial charge is 0.147 e. The van der Waals surface area contributed by atoms with Gasteiger partial charge in [-0.25, -0.2) is 4.98 Å². The Kier molecular flexibility index (Phi) is 5.69. The number of aromatic nitrogens is 2. The number of rotatable bonds is 7. The standard InChI is InChI=1S/C17H24N4/c1-4-21(5-2)16(15-9-7-6-8-10-15)13-20-17-14(3)18-11-12-19-17/h6-12,16H,4-5,13H2,1-3H3,(H,19,20). The number of anilines is 1. The third kappa shape index (κ3) is 4.02. The summed E-state index contributed by atoms with van der Waals surface area (Å²) in [6.07, 6.45) is 3.45. The molecule has 1 N–H and O–H groups in total. The van der Waals surface area contributed by atoms with Gasteiger partial charge in [-0.2, -0.15) is 0 Å². The zero-order valence-electron chi connectivity index (χ0n) is 13.1. The highest BCUT2D eigenvalue weighted by molar-refractivity contribution is 5.39. The first kappa shape index (κ1) is 15.4. The molecule has 1 heterocycles. The fourth-order valence-corrected chi connectivity index (χ4v) is 2.57. The fraction of sp³-hybridized carbons (Fsp3) is 0.412. The molecule has 0 saturated carbocycles. The summed E-state index contributed by atoms with van der Waals surface area (Å²) < 4.78 is 0. The molecule has 1 unspecified atom stereocenters. The third-order valence-corrected chi connectivity index (χ3v) is 3.78. The van der Waals surface area contributed by atoms with Gasteiger partial charge in [0.2, 0.25) is 0 Å². The number of nitrogens with zero attached hydrogens (tertiary/aromatic N) is 3. The molecule has 4 nitrogen and oxygen atoms in total. The van der Waals surface area contributed by atoms with Gasteiger partial charge >= 0.3 is 0 Å². The zero-order chi connectivity index (χ0) is 15.1. The minimum absolute atomic E-state index is 0.336. The summed E-state index contributed by atoms with van der Waals surface area (Å²) in [5.74, 6) is 0.866. The second-order valence-corrected chi connectivity index (χ2v) is 5.02. The van der Waals surface area contributed by atoms with E-state index in [-0.39, 0.29) is 0 Å². The van der Waals surface area contributed by atoms with Crippen LogP contribution in [-0.2, 0) is 0 Å². The van der Waals surface area contributed by atoms with Gasteiger partial charge in [-0.15, -0.1) is 0 Å². The predicted octanol–water partition coefficient (Wildman–Crippen LogP) is 3.28. The maximum absolute atomic E-state index is 4.36. The summed E-state index contributed by atoms with van der Waals surface area (Å²) in [5, 5.41) is 3.45. The molecule has 0 fully saturated rings. The molecule has 4 heteroatoms. The van der Waals surface area contributed by atoms with E-state index in [0.717, 1.165) is 31.1 Å². The molecule has 21 heavy (non-hydrogen) atoms. The Morgan fingerprint density at radius 3 is 2.33 bits per heavy atom. The topological polar surface area (TPSA) is 41.0 Å². The average Bonchev–Trinajstić information content (AvgIpc) is 2.54. The monoisotopic (exact) mass is 284 g/mol. The quantitative estimate of drug-likeness (QED) is 0.847. The second kappa shape index (κ2) is 7.74. The molecule has 1 aromatic heterocycles. The highest BCUT2D eigenvalue weighted by Crippen LogP contribution is 2.21. The van der Waals surface area contributed by atoms with Crippen molar-refractivity contribution in [2.75, 3.05) is 25.0 Å². The molecule has 1 atom stereocenters. The Labute approximate surface area is 127 Å². The van der Waals surface area contributed by atoms with Gasteiger partial charge in [0, 0.05) is 18.9 Å². The van der Waals surface area contributed by atoms with Crippen LogP contribution in [0.5, 0.6) is 0 Å². The number of nitrogens with one attached hydrogen (secondary N) is 1. The largest absolute Gasteiger partial charge is 0.367 e. The van der Waals surface area contributed by atoms with Crippen LogP contribution in [0.4, 0.5) is 5.82 Å². The van der Waals surface area contributed by atoms with Crippen molar-refractivity contribution in [1.82, 2.24) is 14.9 Å². The average molecular weight is 284 g/mol. The SMILES string of the molecule is CCN(CC)C(CNc1nccnc1C)c1ccccc1. The van der Waals surface area contributed by atoms with E-state index in [4.69, 9.17) is 0 Å². The Morgan fingerprint density at radius 2 is 1.71 bits per heavy atom. The first-order valence-corrected chi connectivity index (χ1v) is 7.56. The Bertz CT molecular complexity index is 537. The van der Waals surface area contributed by atoms with E-state index in [1.807, 2.05) is 6.92 Å². The molecule has 1 aromatic carbocycles. The molecule has 0 aliphatic carbocycles. The van der Waals surface area contributed by atoms with Gasteiger partial charge in [-0.05, 0) is 25.6 Å². The van der Waals surface area contributed by atoms with Crippen LogP contribution in [0.25, 0.3) is 0 Å². The van der Waals surface area contributed by atoms with Crippen molar-refractivity contribution < 1.29 is 0 Å². The molecule has 0 spiro atoms. The molecule has 2 rings (SSSR count). The molecule has 0 amide bonds. The van der Waals surface area contributed by atoms with E-state index in [1.54, 1.807) is 12.4 Å². The molecule has 0 aliphatic rings. The number of benzene rings is 1.